The molecule has 132 valence electrons. The van der Waals surface area contributed by atoms with Crippen molar-refractivity contribution in [1.29, 1.82) is 0 Å². The van der Waals surface area contributed by atoms with E-state index in [9.17, 15) is 10.2 Å². The summed E-state index contributed by atoms with van der Waals surface area (Å²) >= 11 is 12.8. The number of halogens is 1. The van der Waals surface area contributed by atoms with Crippen LogP contribution in [0.3, 0.4) is 0 Å². The lowest BCUT2D eigenvalue weighted by atomic mass is 10.2. The van der Waals surface area contributed by atoms with Gasteiger partial charge >= 0.3 is 0 Å². The first-order valence-corrected chi connectivity index (χ1v) is 9.38. The van der Waals surface area contributed by atoms with Crippen LogP contribution in [0.4, 0.5) is 5.69 Å². The average Bonchev–Trinajstić information content (AvgIpc) is 3.19. The number of thiophene rings is 1. The second-order valence-electron chi connectivity index (χ2n) is 5.39. The van der Waals surface area contributed by atoms with Crippen LogP contribution >= 0.6 is 35.2 Å². The molecule has 0 aliphatic carbocycles. The van der Waals surface area contributed by atoms with E-state index in [1.807, 2.05) is 11.4 Å². The first kappa shape index (κ1) is 18.5. The standard InChI is InChI=1S/C19H15ClN2O2S2/c20-14-5-7-15(8-6-14)21-19(25)17(18(24)16-4-2-10-26-16)22-9-1-3-13(11-22)12-23/h1-11,23H,12H2,(H-,21,24,25). The molecule has 0 unspecified atom stereocenters. The molecule has 3 aromatic rings. The topological polar surface area (TPSA) is 59.2 Å². The fourth-order valence-electron chi connectivity index (χ4n) is 2.34. The van der Waals surface area contributed by atoms with Crippen molar-refractivity contribution in [2.45, 2.75) is 6.61 Å². The zero-order chi connectivity index (χ0) is 18.5. The van der Waals surface area contributed by atoms with Crippen molar-refractivity contribution >= 4 is 57.3 Å². The fraction of sp³-hybridized carbons (Fsp3) is 0.0526. The lowest BCUT2D eigenvalue weighted by Crippen LogP contribution is -2.40. The Bertz CT molecular complexity index is 938. The van der Waals surface area contributed by atoms with Gasteiger partial charge in [0.25, 0.3) is 0 Å². The Kier molecular flexibility index (Phi) is 6.00. The van der Waals surface area contributed by atoms with Gasteiger partial charge in [-0.3, -0.25) is 0 Å². The largest absolute Gasteiger partial charge is 0.867 e. The number of thiocarbonyl (C=S) groups is 1. The first-order chi connectivity index (χ1) is 12.6. The molecule has 2 heterocycles. The SMILES string of the molecule is [O-]C(=C(C(=S)Nc1ccc(Cl)cc1)[n+]1cccc(CO)c1)c1cccs1. The number of pyridine rings is 1. The Morgan fingerprint density at radius 3 is 2.62 bits per heavy atom. The van der Waals surface area contributed by atoms with Gasteiger partial charge in [0.2, 0.25) is 5.70 Å². The minimum absolute atomic E-state index is 0.126. The molecule has 2 N–H and O–H groups in total. The van der Waals surface area contributed by atoms with Gasteiger partial charge in [-0.25, -0.2) is 0 Å². The van der Waals surface area contributed by atoms with Gasteiger partial charge in [0, 0.05) is 27.2 Å². The van der Waals surface area contributed by atoms with Gasteiger partial charge in [-0.1, -0.05) is 29.9 Å². The summed E-state index contributed by atoms with van der Waals surface area (Å²) in [7, 11) is 0. The van der Waals surface area contributed by atoms with Crippen LogP contribution in [-0.4, -0.2) is 10.1 Å². The van der Waals surface area contributed by atoms with E-state index in [2.05, 4.69) is 5.32 Å². The number of aromatic nitrogens is 1. The predicted molar refractivity (Wildman–Crippen MR) is 108 cm³/mol. The summed E-state index contributed by atoms with van der Waals surface area (Å²) in [5.41, 5.74) is 1.72. The number of rotatable bonds is 5. The summed E-state index contributed by atoms with van der Waals surface area (Å²) in [4.78, 5) is 0.868. The molecule has 0 bridgehead atoms. The van der Waals surface area contributed by atoms with Gasteiger partial charge in [-0.05, 0) is 47.5 Å². The summed E-state index contributed by atoms with van der Waals surface area (Å²) in [5, 5.41) is 28.0. The summed E-state index contributed by atoms with van der Waals surface area (Å²) < 4.78 is 1.64. The molecule has 0 atom stereocenters. The number of anilines is 1. The maximum atomic E-state index is 13.0. The molecule has 0 fully saturated rings. The van der Waals surface area contributed by atoms with Crippen molar-refractivity contribution in [3.8, 4) is 0 Å². The van der Waals surface area contributed by atoms with Crippen molar-refractivity contribution in [2.75, 3.05) is 5.32 Å². The highest BCUT2D eigenvalue weighted by Crippen LogP contribution is 2.21. The van der Waals surface area contributed by atoms with E-state index in [1.54, 1.807) is 59.4 Å². The third kappa shape index (κ3) is 4.28. The van der Waals surface area contributed by atoms with Crippen LogP contribution in [-0.2, 0) is 6.61 Å². The maximum absolute atomic E-state index is 13.0. The van der Waals surface area contributed by atoms with Crippen molar-refractivity contribution in [1.82, 2.24) is 0 Å². The van der Waals surface area contributed by atoms with Gasteiger partial charge in [0.15, 0.2) is 17.4 Å². The molecule has 7 heteroatoms. The molecule has 0 aliphatic heterocycles. The van der Waals surface area contributed by atoms with Crippen LogP contribution in [0.25, 0.3) is 11.5 Å². The van der Waals surface area contributed by atoms with Crippen molar-refractivity contribution in [3.63, 3.8) is 0 Å². The fourth-order valence-corrected chi connectivity index (χ4v) is 3.45. The van der Waals surface area contributed by atoms with E-state index >= 15 is 0 Å². The van der Waals surface area contributed by atoms with E-state index in [4.69, 9.17) is 23.8 Å². The Morgan fingerprint density at radius 2 is 1.96 bits per heavy atom. The smallest absolute Gasteiger partial charge is 0.239 e. The van der Waals surface area contributed by atoms with E-state index < -0.39 is 0 Å². The van der Waals surface area contributed by atoms with Crippen LogP contribution in [0.5, 0.6) is 0 Å². The third-order valence-corrected chi connectivity index (χ3v) is 5.00. The number of nitrogens with zero attached hydrogens (tertiary/aromatic N) is 1. The van der Waals surface area contributed by atoms with Crippen LogP contribution in [0, 0.1) is 0 Å². The highest BCUT2D eigenvalue weighted by molar-refractivity contribution is 7.81. The highest BCUT2D eigenvalue weighted by Gasteiger charge is 2.20. The van der Waals surface area contributed by atoms with E-state index in [1.165, 1.54) is 11.3 Å². The molecule has 0 saturated heterocycles. The number of benzene rings is 1. The predicted octanol–water partition coefficient (Wildman–Crippen LogP) is 3.31. The Balaban J connectivity index is 2.04. The summed E-state index contributed by atoms with van der Waals surface area (Å²) in [5.74, 6) is -0.188. The molecule has 0 saturated carbocycles. The van der Waals surface area contributed by atoms with Gasteiger partial charge in [-0.2, -0.15) is 4.57 Å². The maximum Gasteiger partial charge on any atom is 0.239 e. The molecule has 2 aromatic heterocycles. The second-order valence-corrected chi connectivity index (χ2v) is 7.19. The number of aliphatic hydroxyl groups is 1. The quantitative estimate of drug-likeness (QED) is 0.297. The summed E-state index contributed by atoms with van der Waals surface area (Å²) in [6.07, 6.45) is 3.42. The molecule has 1 aromatic carbocycles. The Hall–Kier alpha value is -2.25. The van der Waals surface area contributed by atoms with Gasteiger partial charge < -0.3 is 15.5 Å². The monoisotopic (exact) mass is 402 g/mol. The second kappa shape index (κ2) is 8.42. The number of hydrogen-bond donors (Lipinski definition) is 2. The van der Waals surface area contributed by atoms with Crippen molar-refractivity contribution in [2.24, 2.45) is 0 Å². The molecular weight excluding hydrogens is 388 g/mol. The minimum atomic E-state index is -0.188. The van der Waals surface area contributed by atoms with E-state index in [0.29, 0.717) is 21.2 Å². The Morgan fingerprint density at radius 1 is 1.19 bits per heavy atom. The lowest BCUT2D eigenvalue weighted by molar-refractivity contribution is -0.578. The highest BCUT2D eigenvalue weighted by atomic mass is 35.5. The van der Waals surface area contributed by atoms with Crippen LogP contribution < -0.4 is 15.0 Å². The summed E-state index contributed by atoms with van der Waals surface area (Å²) in [6.45, 7) is -0.126. The van der Waals surface area contributed by atoms with Gasteiger partial charge in [0.1, 0.15) is 0 Å². The molecule has 3 rings (SSSR count). The first-order valence-electron chi connectivity index (χ1n) is 7.72. The van der Waals surface area contributed by atoms with Crippen molar-refractivity contribution in [3.05, 3.63) is 81.8 Å². The van der Waals surface area contributed by atoms with E-state index in [-0.39, 0.29) is 17.4 Å². The van der Waals surface area contributed by atoms with Crippen LogP contribution in [0.15, 0.2) is 66.3 Å². The average molecular weight is 403 g/mol. The van der Waals surface area contributed by atoms with Crippen molar-refractivity contribution < 1.29 is 14.8 Å². The molecule has 4 nitrogen and oxygen atoms in total. The van der Waals surface area contributed by atoms with Gasteiger partial charge in [-0.15, -0.1) is 11.3 Å². The van der Waals surface area contributed by atoms with Gasteiger partial charge in [0.05, 0.1) is 6.61 Å². The van der Waals surface area contributed by atoms with Crippen LogP contribution in [0.2, 0.25) is 5.02 Å². The normalized spacial score (nSPS) is 11.8. The number of hydrogen-bond acceptors (Lipinski definition) is 4. The molecule has 26 heavy (non-hydrogen) atoms. The minimum Gasteiger partial charge on any atom is -0.867 e. The number of aliphatic hydroxyl groups excluding tert-OH is 1. The zero-order valence-corrected chi connectivity index (χ0v) is 15.9. The third-order valence-electron chi connectivity index (χ3n) is 3.58. The number of nitrogens with one attached hydrogen (secondary N) is 1. The lowest BCUT2D eigenvalue weighted by Gasteiger charge is -2.15. The van der Waals surface area contributed by atoms with E-state index in [0.717, 1.165) is 5.69 Å². The molecule has 0 aliphatic rings. The van der Waals surface area contributed by atoms with Crippen LogP contribution in [0.1, 0.15) is 10.4 Å². The molecular formula is C19H15ClN2O2S2. The molecule has 0 radical (unpaired) electrons. The summed E-state index contributed by atoms with van der Waals surface area (Å²) in [6, 6.07) is 14.2. The Labute approximate surface area is 165 Å². The zero-order valence-electron chi connectivity index (χ0n) is 13.6. The molecule has 0 spiro atoms. The molecule has 0 amide bonds.